The molecular formula is C34H40N4. The molecule has 1 saturated carbocycles. The van der Waals surface area contributed by atoms with Gasteiger partial charge in [-0.1, -0.05) is 56.9 Å². The molecule has 0 spiro atoms. The number of hydrogen-bond acceptors (Lipinski definition) is 4. The van der Waals surface area contributed by atoms with Crippen LogP contribution in [0.1, 0.15) is 56.5 Å². The van der Waals surface area contributed by atoms with Crippen molar-refractivity contribution in [2.24, 2.45) is 5.73 Å². The maximum Gasteiger partial charge on any atom is 0.0870 e. The summed E-state index contributed by atoms with van der Waals surface area (Å²) in [4.78, 5) is 6.98. The first kappa shape index (κ1) is 27.2. The molecule has 1 aliphatic carbocycles. The van der Waals surface area contributed by atoms with Crippen LogP contribution in [0.4, 0.5) is 0 Å². The number of pyridine rings is 1. The van der Waals surface area contributed by atoms with Crippen LogP contribution in [-0.4, -0.2) is 22.0 Å². The van der Waals surface area contributed by atoms with Crippen molar-refractivity contribution in [1.82, 2.24) is 15.2 Å². The van der Waals surface area contributed by atoms with E-state index < -0.39 is 0 Å². The molecule has 4 heteroatoms. The van der Waals surface area contributed by atoms with Crippen LogP contribution in [0.15, 0.2) is 97.0 Å². The molecule has 2 heterocycles. The molecule has 4 rings (SSSR count). The molecule has 3 N–H and O–H groups in total. The van der Waals surface area contributed by atoms with Crippen molar-refractivity contribution in [3.05, 3.63) is 124 Å². The second-order valence-corrected chi connectivity index (χ2v) is 10.1. The third-order valence-electron chi connectivity index (χ3n) is 7.51. The summed E-state index contributed by atoms with van der Waals surface area (Å²) in [5.41, 5.74) is 14.7. The van der Waals surface area contributed by atoms with Crippen molar-refractivity contribution in [2.75, 3.05) is 0 Å². The molecule has 4 nitrogen and oxygen atoms in total. The van der Waals surface area contributed by atoms with Crippen LogP contribution in [0.3, 0.4) is 0 Å². The first-order chi connectivity index (χ1) is 18.3. The Hall–Kier alpha value is -3.89. The maximum atomic E-state index is 6.46. The van der Waals surface area contributed by atoms with Crippen molar-refractivity contribution in [3.63, 3.8) is 0 Å². The van der Waals surface area contributed by atoms with Crippen LogP contribution in [-0.2, 0) is 0 Å². The third kappa shape index (κ3) is 5.98. The maximum absolute atomic E-state index is 6.46. The predicted octanol–water partition coefficient (Wildman–Crippen LogP) is 5.69. The standard InChI is InChI=1S/C34H40N4/c1-7-27(29-18-19-38(25(5)20-29)33-15-10-9-13-31(33)35)21-30-22-28(17-16-23(30)3)26(6)34(36-8-2)32-14-11-12-24(4)37-32/h7-8,11-12,14,16-22,31,33,36H,2-3,5,9-10,13,15,35H2,1,4,6H3/b27-7+,30-21-,34-26+/t31-,33-/m1/s1. The largest absolute Gasteiger partial charge is 0.360 e. The lowest BCUT2D eigenvalue weighted by Gasteiger charge is -2.39. The second kappa shape index (κ2) is 12.1. The number of aromatic nitrogens is 1. The number of allylic oxidation sites excluding steroid dienone is 6. The number of hydrogen-bond donors (Lipinski definition) is 2. The lowest BCUT2D eigenvalue weighted by molar-refractivity contribution is 0.233. The monoisotopic (exact) mass is 504 g/mol. The molecule has 1 fully saturated rings. The highest BCUT2D eigenvalue weighted by molar-refractivity contribution is 5.88. The van der Waals surface area contributed by atoms with Crippen molar-refractivity contribution in [3.8, 4) is 0 Å². The first-order valence-electron chi connectivity index (χ1n) is 13.4. The molecule has 0 radical (unpaired) electrons. The zero-order chi connectivity index (χ0) is 27.2. The third-order valence-corrected chi connectivity index (χ3v) is 7.51. The van der Waals surface area contributed by atoms with Crippen molar-refractivity contribution < 1.29 is 0 Å². The first-order valence-corrected chi connectivity index (χ1v) is 13.4. The number of aryl methyl sites for hydroxylation is 1. The van der Waals surface area contributed by atoms with Gasteiger partial charge in [0.25, 0.3) is 0 Å². The van der Waals surface area contributed by atoms with E-state index in [4.69, 9.17) is 10.7 Å². The lowest BCUT2D eigenvalue weighted by atomic mass is 9.89. The van der Waals surface area contributed by atoms with Gasteiger partial charge in [-0.05, 0) is 109 Å². The molecule has 1 aromatic heterocycles. The number of nitrogens with zero attached hydrogens (tertiary/aromatic N) is 2. The fraction of sp³-hybridized carbons (Fsp3) is 0.265. The Morgan fingerprint density at radius 2 is 1.95 bits per heavy atom. The van der Waals surface area contributed by atoms with Gasteiger partial charge < -0.3 is 16.0 Å². The molecule has 2 aliphatic rings. The van der Waals surface area contributed by atoms with Crippen LogP contribution < -0.4 is 21.5 Å². The van der Waals surface area contributed by atoms with E-state index in [2.05, 4.69) is 92.5 Å². The molecular weight excluding hydrogens is 464 g/mol. The van der Waals surface area contributed by atoms with Gasteiger partial charge in [0.1, 0.15) is 0 Å². The summed E-state index contributed by atoms with van der Waals surface area (Å²) >= 11 is 0. The second-order valence-electron chi connectivity index (χ2n) is 10.1. The highest BCUT2D eigenvalue weighted by atomic mass is 15.2. The normalized spacial score (nSPS) is 21.2. The van der Waals surface area contributed by atoms with Crippen molar-refractivity contribution in [1.29, 1.82) is 0 Å². The van der Waals surface area contributed by atoms with E-state index in [-0.39, 0.29) is 6.04 Å². The minimum absolute atomic E-state index is 0.191. The number of benzene rings is 1. The van der Waals surface area contributed by atoms with Gasteiger partial charge in [-0.3, -0.25) is 4.98 Å². The van der Waals surface area contributed by atoms with Crippen LogP contribution in [0.25, 0.3) is 23.9 Å². The van der Waals surface area contributed by atoms with Crippen molar-refractivity contribution >= 4 is 23.9 Å². The summed E-state index contributed by atoms with van der Waals surface area (Å²) in [6.07, 6.45) is 17.2. The van der Waals surface area contributed by atoms with Crippen LogP contribution in [0, 0.1) is 6.92 Å². The van der Waals surface area contributed by atoms with E-state index in [1.165, 1.54) is 12.8 Å². The van der Waals surface area contributed by atoms with Crippen LogP contribution in [0.2, 0.25) is 0 Å². The van der Waals surface area contributed by atoms with Gasteiger partial charge in [-0.15, -0.1) is 0 Å². The average Bonchev–Trinajstić information content (AvgIpc) is 2.91. The average molecular weight is 505 g/mol. The van der Waals surface area contributed by atoms with Gasteiger partial charge in [0.05, 0.1) is 11.4 Å². The number of rotatable bonds is 7. The van der Waals surface area contributed by atoms with Gasteiger partial charge in [0.2, 0.25) is 0 Å². The molecule has 0 bridgehead atoms. The van der Waals surface area contributed by atoms with E-state index in [9.17, 15) is 0 Å². The summed E-state index contributed by atoms with van der Waals surface area (Å²) in [5.74, 6) is 0. The number of nitrogens with two attached hydrogens (primary N) is 1. The van der Waals surface area contributed by atoms with E-state index in [0.29, 0.717) is 6.04 Å². The zero-order valence-electron chi connectivity index (χ0n) is 23.0. The van der Waals surface area contributed by atoms with Gasteiger partial charge in [-0.2, -0.15) is 0 Å². The summed E-state index contributed by atoms with van der Waals surface area (Å²) in [5, 5.41) is 5.35. The Bertz CT molecular complexity index is 1450. The predicted molar refractivity (Wildman–Crippen MR) is 163 cm³/mol. The van der Waals surface area contributed by atoms with E-state index in [1.54, 1.807) is 6.20 Å². The zero-order valence-corrected chi connectivity index (χ0v) is 23.0. The Labute approximate surface area is 227 Å². The Balaban J connectivity index is 1.68. The summed E-state index contributed by atoms with van der Waals surface area (Å²) in [6.45, 7) is 18.7. The smallest absolute Gasteiger partial charge is 0.0870 e. The Kier molecular flexibility index (Phi) is 8.65. The van der Waals surface area contributed by atoms with Gasteiger partial charge in [0, 0.05) is 29.7 Å². The molecule has 0 saturated heterocycles. The summed E-state index contributed by atoms with van der Waals surface area (Å²) < 4.78 is 0. The fourth-order valence-corrected chi connectivity index (χ4v) is 5.31. The number of nitrogens with one attached hydrogen (secondary N) is 1. The molecule has 0 unspecified atom stereocenters. The minimum Gasteiger partial charge on any atom is -0.360 e. The van der Waals surface area contributed by atoms with Crippen molar-refractivity contribution in [2.45, 2.75) is 58.5 Å². The topological polar surface area (TPSA) is 54.2 Å². The SMILES string of the molecule is C=CN/C(=C(\C)c1ccc(=C)/c(=C\C(=C/C)C2=CC(=C)N([C@@H]3CCCC[C@H]3N)C=C2)c1)c1cccc(C)n1. The van der Waals surface area contributed by atoms with Gasteiger partial charge in [0.15, 0.2) is 0 Å². The molecule has 196 valence electrons. The highest BCUT2D eigenvalue weighted by Gasteiger charge is 2.28. The van der Waals surface area contributed by atoms with E-state index in [0.717, 1.165) is 68.3 Å². The molecule has 0 amide bonds. The fourth-order valence-electron chi connectivity index (χ4n) is 5.31. The molecule has 2 aromatic rings. The van der Waals surface area contributed by atoms with Crippen LogP contribution in [0.5, 0.6) is 0 Å². The Morgan fingerprint density at radius 1 is 1.16 bits per heavy atom. The highest BCUT2D eigenvalue weighted by Crippen LogP contribution is 2.30. The lowest BCUT2D eigenvalue weighted by Crippen LogP contribution is -2.47. The summed E-state index contributed by atoms with van der Waals surface area (Å²) in [6, 6.07) is 12.9. The van der Waals surface area contributed by atoms with E-state index >= 15 is 0 Å². The molecule has 1 aromatic carbocycles. The quantitative estimate of drug-likeness (QED) is 0.509. The van der Waals surface area contributed by atoms with Gasteiger partial charge >= 0.3 is 0 Å². The molecule has 2 atom stereocenters. The minimum atomic E-state index is 0.191. The summed E-state index contributed by atoms with van der Waals surface area (Å²) in [7, 11) is 0. The van der Waals surface area contributed by atoms with Gasteiger partial charge in [-0.25, -0.2) is 0 Å². The Morgan fingerprint density at radius 3 is 2.63 bits per heavy atom. The molecule has 38 heavy (non-hydrogen) atoms. The molecule has 1 aliphatic heterocycles. The van der Waals surface area contributed by atoms with Crippen LogP contribution >= 0.6 is 0 Å². The van der Waals surface area contributed by atoms with E-state index in [1.807, 2.05) is 25.1 Å².